The van der Waals surface area contributed by atoms with Crippen LogP contribution in [0, 0.1) is 0 Å². The molecule has 0 nitrogen and oxygen atoms in total. The van der Waals surface area contributed by atoms with Crippen LogP contribution in [0.5, 0.6) is 0 Å². The molecule has 83 valence electrons. The molecule has 2 heteroatoms. The molecule has 0 saturated carbocycles. The van der Waals surface area contributed by atoms with Gasteiger partial charge in [0.15, 0.2) is 0 Å². The monoisotopic (exact) mass is 213 g/mol. The molecule has 0 aromatic heterocycles. The maximum atomic E-state index is 6.57. The number of rotatable bonds is 9. The molecule has 0 aliphatic carbocycles. The molecule has 1 radical (unpaired) electrons. The third-order valence-electron chi connectivity index (χ3n) is 2.87. The first-order valence-corrected chi connectivity index (χ1v) is 8.74. The average molecular weight is 213 g/mol. The summed E-state index contributed by atoms with van der Waals surface area (Å²) in [6.45, 7) is 5.78. The molecule has 0 fully saturated rings. The fourth-order valence-corrected chi connectivity index (χ4v) is 5.26. The van der Waals surface area contributed by atoms with E-state index in [-0.39, 0.29) is 0 Å². The second-order valence-electron chi connectivity index (χ2n) is 4.45. The fraction of sp³-hybridized carbons (Fsp3) is 1.00. The van der Waals surface area contributed by atoms with Gasteiger partial charge in [-0.1, -0.05) is 0 Å². The Balaban J connectivity index is 3.97. The first-order valence-electron chi connectivity index (χ1n) is 6.33. The molecule has 14 heavy (non-hydrogen) atoms. The van der Waals surface area contributed by atoms with Gasteiger partial charge in [-0.25, -0.2) is 0 Å². The quantitative estimate of drug-likeness (QED) is 0.391. The Morgan fingerprint density at radius 1 is 0.714 bits per heavy atom. The van der Waals surface area contributed by atoms with E-state index >= 15 is 0 Å². The van der Waals surface area contributed by atoms with Gasteiger partial charge in [0.25, 0.3) is 0 Å². The van der Waals surface area contributed by atoms with E-state index < -0.39 is 6.75 Å². The summed E-state index contributed by atoms with van der Waals surface area (Å²) in [6.07, 6.45) is 12.0. The second kappa shape index (κ2) is 8.78. The van der Waals surface area contributed by atoms with Crippen molar-refractivity contribution in [3.63, 3.8) is 0 Å². The van der Waals surface area contributed by atoms with E-state index in [0.29, 0.717) is 0 Å². The summed E-state index contributed by atoms with van der Waals surface area (Å²) in [7, 11) is 6.57. The van der Waals surface area contributed by atoms with Crippen molar-refractivity contribution in [2.45, 2.75) is 59.3 Å². The summed E-state index contributed by atoms with van der Waals surface area (Å²) in [5.41, 5.74) is 0. The van der Waals surface area contributed by atoms with Gasteiger partial charge in [0, 0.05) is 0 Å². The first-order chi connectivity index (χ1) is 6.68. The standard InChI is InChI=1S/C12H27BP/c1-4-7-10-14(13,11-8-5-2)12-9-6-3/h4-12H2,1-3H3. The van der Waals surface area contributed by atoms with Gasteiger partial charge in [-0.3, -0.25) is 0 Å². The minimum absolute atomic E-state index is 1.02. The summed E-state index contributed by atoms with van der Waals surface area (Å²) in [5.74, 6) is 0. The molecule has 0 saturated heterocycles. The summed E-state index contributed by atoms with van der Waals surface area (Å²) in [4.78, 5) is 0. The molecule has 0 bridgehead atoms. The van der Waals surface area contributed by atoms with Gasteiger partial charge >= 0.3 is 91.7 Å². The van der Waals surface area contributed by atoms with E-state index in [1.807, 2.05) is 0 Å². The van der Waals surface area contributed by atoms with Crippen molar-refractivity contribution >= 4 is 13.9 Å². The Kier molecular flexibility index (Phi) is 9.09. The Bertz CT molecular complexity index is 137. The van der Waals surface area contributed by atoms with Gasteiger partial charge in [-0.2, -0.15) is 0 Å². The van der Waals surface area contributed by atoms with E-state index in [9.17, 15) is 0 Å². The minimum atomic E-state index is -1.02. The second-order valence-corrected chi connectivity index (χ2v) is 8.23. The van der Waals surface area contributed by atoms with Crippen molar-refractivity contribution in [1.29, 1.82) is 0 Å². The van der Waals surface area contributed by atoms with Gasteiger partial charge in [-0.15, -0.1) is 0 Å². The van der Waals surface area contributed by atoms with Gasteiger partial charge in [0.2, 0.25) is 0 Å². The Morgan fingerprint density at radius 2 is 1.00 bits per heavy atom. The maximum absolute atomic E-state index is 6.57. The Labute approximate surface area is 92.2 Å². The van der Waals surface area contributed by atoms with Crippen molar-refractivity contribution in [2.75, 3.05) is 18.5 Å². The number of unbranched alkanes of at least 4 members (excludes halogenated alkanes) is 3. The topological polar surface area (TPSA) is 0 Å². The SMILES string of the molecule is [B]=P(CCCC)(CCCC)CCCC. The first kappa shape index (κ1) is 14.5. The molecule has 0 atom stereocenters. The van der Waals surface area contributed by atoms with Crippen molar-refractivity contribution in [3.05, 3.63) is 0 Å². The summed E-state index contributed by atoms with van der Waals surface area (Å²) in [5, 5.41) is 0. The van der Waals surface area contributed by atoms with Crippen molar-refractivity contribution < 1.29 is 0 Å². The molecule has 0 aromatic carbocycles. The van der Waals surface area contributed by atoms with Gasteiger partial charge in [-0.05, 0) is 0 Å². The molecule has 0 rings (SSSR count). The van der Waals surface area contributed by atoms with E-state index in [0.717, 1.165) is 0 Å². The average Bonchev–Trinajstić information content (AvgIpc) is 2.21. The zero-order valence-corrected chi connectivity index (χ0v) is 11.3. The molecule has 0 amide bonds. The molecule has 0 aromatic rings. The normalized spacial score (nSPS) is 11.9. The van der Waals surface area contributed by atoms with Gasteiger partial charge < -0.3 is 0 Å². The molecule has 0 spiro atoms. The number of hydrogen-bond donors (Lipinski definition) is 0. The van der Waals surface area contributed by atoms with E-state index in [1.54, 1.807) is 0 Å². The predicted molar refractivity (Wildman–Crippen MR) is 72.0 cm³/mol. The van der Waals surface area contributed by atoms with Crippen LogP contribution >= 0.6 is 6.75 Å². The van der Waals surface area contributed by atoms with Crippen LogP contribution < -0.4 is 0 Å². The Morgan fingerprint density at radius 3 is 1.21 bits per heavy atom. The van der Waals surface area contributed by atoms with E-state index in [4.69, 9.17) is 7.18 Å². The molecular weight excluding hydrogens is 186 g/mol. The van der Waals surface area contributed by atoms with Crippen molar-refractivity contribution in [3.8, 4) is 0 Å². The number of hydrogen-bond acceptors (Lipinski definition) is 0. The zero-order valence-electron chi connectivity index (χ0n) is 10.4. The molecule has 0 heterocycles. The van der Waals surface area contributed by atoms with Crippen LogP contribution in [-0.2, 0) is 0 Å². The van der Waals surface area contributed by atoms with Crippen molar-refractivity contribution in [1.82, 2.24) is 0 Å². The molecular formula is C12H27BP. The summed E-state index contributed by atoms with van der Waals surface area (Å²) >= 11 is 0. The Hall–Kier alpha value is 0.495. The molecule has 0 aliphatic heterocycles. The van der Waals surface area contributed by atoms with Crippen LogP contribution in [0.25, 0.3) is 0 Å². The zero-order chi connectivity index (χ0) is 10.9. The van der Waals surface area contributed by atoms with Crippen LogP contribution in [0.3, 0.4) is 0 Å². The van der Waals surface area contributed by atoms with Crippen LogP contribution in [-0.4, -0.2) is 25.7 Å². The predicted octanol–water partition coefficient (Wildman–Crippen LogP) is 4.49. The van der Waals surface area contributed by atoms with E-state index in [1.165, 1.54) is 57.0 Å². The fourth-order valence-electron chi connectivity index (χ4n) is 1.75. The molecule has 0 unspecified atom stereocenters. The van der Waals surface area contributed by atoms with Crippen LogP contribution in [0.1, 0.15) is 59.3 Å². The molecule has 0 N–H and O–H groups in total. The van der Waals surface area contributed by atoms with Crippen LogP contribution in [0.15, 0.2) is 0 Å². The summed E-state index contributed by atoms with van der Waals surface area (Å²) in [6, 6.07) is 0. The summed E-state index contributed by atoms with van der Waals surface area (Å²) < 4.78 is 0. The van der Waals surface area contributed by atoms with Crippen molar-refractivity contribution in [2.24, 2.45) is 0 Å². The van der Waals surface area contributed by atoms with Gasteiger partial charge in [0.1, 0.15) is 0 Å². The third kappa shape index (κ3) is 6.88. The van der Waals surface area contributed by atoms with Crippen LogP contribution in [0.4, 0.5) is 0 Å². The third-order valence-corrected chi connectivity index (χ3v) is 6.49. The molecule has 0 aliphatic rings. The van der Waals surface area contributed by atoms with E-state index in [2.05, 4.69) is 20.8 Å². The van der Waals surface area contributed by atoms with Crippen LogP contribution in [0.2, 0.25) is 0 Å². The van der Waals surface area contributed by atoms with Gasteiger partial charge in [0.05, 0.1) is 0 Å².